The van der Waals surface area contributed by atoms with Crippen molar-refractivity contribution >= 4 is 5.91 Å². The third-order valence-electron chi connectivity index (χ3n) is 2.82. The maximum atomic E-state index is 11.7. The van der Waals surface area contributed by atoms with Gasteiger partial charge in [0.1, 0.15) is 5.75 Å². The molecule has 0 saturated carbocycles. The molecule has 0 saturated heterocycles. The maximum Gasteiger partial charge on any atom is 0.226 e. The molecule has 6 nitrogen and oxygen atoms in total. The van der Waals surface area contributed by atoms with Crippen LogP contribution in [0.3, 0.4) is 0 Å². The first-order valence-electron chi connectivity index (χ1n) is 7.04. The van der Waals surface area contributed by atoms with E-state index in [1.54, 1.807) is 0 Å². The molecule has 0 aliphatic heterocycles. The zero-order valence-corrected chi connectivity index (χ0v) is 12.0. The number of carbonyl (C=O) groups is 1. The van der Waals surface area contributed by atoms with Crippen LogP contribution in [-0.2, 0) is 17.8 Å². The Morgan fingerprint density at radius 2 is 2.14 bits per heavy atom. The minimum atomic E-state index is -0.0467. The van der Waals surface area contributed by atoms with Crippen LogP contribution in [0.25, 0.3) is 0 Å². The first kappa shape index (κ1) is 15.0. The number of nitrogens with one attached hydrogen (secondary N) is 1. The highest BCUT2D eigenvalue weighted by Gasteiger charge is 2.06. The van der Waals surface area contributed by atoms with Gasteiger partial charge in [-0.25, -0.2) is 0 Å². The lowest BCUT2D eigenvalue weighted by molar-refractivity contribution is -0.121. The Labute approximate surface area is 123 Å². The van der Waals surface area contributed by atoms with Gasteiger partial charge in [0.05, 0.1) is 13.2 Å². The van der Waals surface area contributed by atoms with E-state index in [0.717, 1.165) is 5.75 Å². The summed E-state index contributed by atoms with van der Waals surface area (Å²) in [6.45, 7) is 2.74. The van der Waals surface area contributed by atoms with Crippen molar-refractivity contribution < 1.29 is 14.1 Å². The third kappa shape index (κ3) is 5.25. The van der Waals surface area contributed by atoms with Gasteiger partial charge < -0.3 is 14.6 Å². The molecule has 1 aromatic heterocycles. The summed E-state index contributed by atoms with van der Waals surface area (Å²) in [5.74, 6) is 1.85. The smallest absolute Gasteiger partial charge is 0.226 e. The molecule has 0 bridgehead atoms. The van der Waals surface area contributed by atoms with Crippen molar-refractivity contribution in [1.82, 2.24) is 15.5 Å². The van der Waals surface area contributed by atoms with Gasteiger partial charge in [-0.3, -0.25) is 4.79 Å². The molecule has 0 spiro atoms. The van der Waals surface area contributed by atoms with Crippen LogP contribution in [0.1, 0.15) is 31.5 Å². The van der Waals surface area contributed by atoms with E-state index in [2.05, 4.69) is 15.5 Å². The molecular formula is C15H19N3O3. The SMILES string of the molecule is CCc1nc(CNC(=O)CCCOc2ccccc2)no1. The molecule has 1 amide bonds. The van der Waals surface area contributed by atoms with Gasteiger partial charge in [0.2, 0.25) is 11.8 Å². The summed E-state index contributed by atoms with van der Waals surface area (Å²) < 4.78 is 10.5. The van der Waals surface area contributed by atoms with Crippen LogP contribution in [0, 0.1) is 0 Å². The van der Waals surface area contributed by atoms with Crippen LogP contribution in [0.2, 0.25) is 0 Å². The summed E-state index contributed by atoms with van der Waals surface area (Å²) in [7, 11) is 0. The van der Waals surface area contributed by atoms with Crippen LogP contribution >= 0.6 is 0 Å². The molecule has 21 heavy (non-hydrogen) atoms. The molecule has 112 valence electrons. The summed E-state index contributed by atoms with van der Waals surface area (Å²) in [5.41, 5.74) is 0. The molecule has 0 radical (unpaired) electrons. The number of aromatic nitrogens is 2. The highest BCUT2D eigenvalue weighted by molar-refractivity contribution is 5.75. The monoisotopic (exact) mass is 289 g/mol. The molecule has 0 aliphatic carbocycles. The van der Waals surface area contributed by atoms with E-state index >= 15 is 0 Å². The molecule has 0 aliphatic rings. The Morgan fingerprint density at radius 1 is 1.33 bits per heavy atom. The van der Waals surface area contributed by atoms with Crippen LogP contribution in [-0.4, -0.2) is 22.7 Å². The Balaban J connectivity index is 1.59. The molecular weight excluding hydrogens is 270 g/mol. The number of carbonyl (C=O) groups excluding carboxylic acids is 1. The van der Waals surface area contributed by atoms with Gasteiger partial charge in [-0.1, -0.05) is 30.3 Å². The molecule has 0 fully saturated rings. The number of rotatable bonds is 8. The van der Waals surface area contributed by atoms with Crippen LogP contribution in [0.4, 0.5) is 0 Å². The van der Waals surface area contributed by atoms with E-state index in [0.29, 0.717) is 44.1 Å². The first-order valence-corrected chi connectivity index (χ1v) is 7.04. The van der Waals surface area contributed by atoms with E-state index in [4.69, 9.17) is 9.26 Å². The Bertz CT molecular complexity index is 554. The third-order valence-corrected chi connectivity index (χ3v) is 2.82. The largest absolute Gasteiger partial charge is 0.494 e. The van der Waals surface area contributed by atoms with Crippen molar-refractivity contribution in [3.63, 3.8) is 0 Å². The fraction of sp³-hybridized carbons (Fsp3) is 0.400. The molecule has 6 heteroatoms. The zero-order chi connectivity index (χ0) is 14.9. The second kappa shape index (κ2) is 8.04. The van der Waals surface area contributed by atoms with Crippen molar-refractivity contribution in [2.45, 2.75) is 32.7 Å². The second-order valence-electron chi connectivity index (χ2n) is 4.50. The van der Waals surface area contributed by atoms with E-state index < -0.39 is 0 Å². The molecule has 1 heterocycles. The fourth-order valence-electron chi connectivity index (χ4n) is 1.71. The highest BCUT2D eigenvalue weighted by atomic mass is 16.5. The van der Waals surface area contributed by atoms with E-state index in [1.165, 1.54) is 0 Å². The Hall–Kier alpha value is -2.37. The normalized spacial score (nSPS) is 10.3. The van der Waals surface area contributed by atoms with Gasteiger partial charge in [0, 0.05) is 12.8 Å². The predicted molar refractivity (Wildman–Crippen MR) is 76.7 cm³/mol. The predicted octanol–water partition coefficient (Wildman–Crippen LogP) is 2.11. The fourth-order valence-corrected chi connectivity index (χ4v) is 1.71. The number of nitrogens with zero attached hydrogens (tertiary/aromatic N) is 2. The summed E-state index contributed by atoms with van der Waals surface area (Å²) in [6.07, 6.45) is 1.76. The minimum absolute atomic E-state index is 0.0467. The number of para-hydroxylation sites is 1. The van der Waals surface area contributed by atoms with E-state index in [1.807, 2.05) is 37.3 Å². The minimum Gasteiger partial charge on any atom is -0.494 e. The Morgan fingerprint density at radius 3 is 2.86 bits per heavy atom. The molecule has 2 aromatic rings. The lowest BCUT2D eigenvalue weighted by atomic mass is 10.3. The number of amides is 1. The Kier molecular flexibility index (Phi) is 5.75. The molecule has 2 rings (SSSR count). The summed E-state index contributed by atoms with van der Waals surface area (Å²) >= 11 is 0. The quantitative estimate of drug-likeness (QED) is 0.753. The maximum absolute atomic E-state index is 11.7. The van der Waals surface area contributed by atoms with Gasteiger partial charge in [0.25, 0.3) is 0 Å². The molecule has 1 aromatic carbocycles. The number of aryl methyl sites for hydroxylation is 1. The van der Waals surface area contributed by atoms with Gasteiger partial charge in [-0.2, -0.15) is 4.98 Å². The zero-order valence-electron chi connectivity index (χ0n) is 12.0. The average molecular weight is 289 g/mol. The first-order chi connectivity index (χ1) is 10.3. The topological polar surface area (TPSA) is 77.2 Å². The molecule has 0 unspecified atom stereocenters. The van der Waals surface area contributed by atoms with Crippen molar-refractivity contribution in [2.24, 2.45) is 0 Å². The lowest BCUT2D eigenvalue weighted by Gasteiger charge is -2.05. The number of ether oxygens (including phenoxy) is 1. The second-order valence-corrected chi connectivity index (χ2v) is 4.50. The van der Waals surface area contributed by atoms with E-state index in [9.17, 15) is 4.79 Å². The molecule has 1 N–H and O–H groups in total. The van der Waals surface area contributed by atoms with Gasteiger partial charge in [-0.15, -0.1) is 0 Å². The summed E-state index contributed by atoms with van der Waals surface area (Å²) in [4.78, 5) is 15.8. The van der Waals surface area contributed by atoms with Crippen molar-refractivity contribution in [1.29, 1.82) is 0 Å². The van der Waals surface area contributed by atoms with Crippen molar-refractivity contribution in [3.8, 4) is 5.75 Å². The number of hydrogen-bond acceptors (Lipinski definition) is 5. The van der Waals surface area contributed by atoms with E-state index in [-0.39, 0.29) is 5.91 Å². The number of hydrogen-bond donors (Lipinski definition) is 1. The van der Waals surface area contributed by atoms with Crippen molar-refractivity contribution in [3.05, 3.63) is 42.0 Å². The average Bonchev–Trinajstić information content (AvgIpc) is 2.99. The number of benzene rings is 1. The highest BCUT2D eigenvalue weighted by Crippen LogP contribution is 2.08. The molecule has 0 atom stereocenters. The standard InChI is InChI=1S/C15H19N3O3/c1-2-15-17-13(18-21-15)11-16-14(19)9-6-10-20-12-7-4-3-5-8-12/h3-5,7-8H,2,6,9-11H2,1H3,(H,16,19). The van der Waals surface area contributed by atoms with Gasteiger partial charge in [-0.05, 0) is 18.6 Å². The summed E-state index contributed by atoms with van der Waals surface area (Å²) in [6, 6.07) is 9.54. The van der Waals surface area contributed by atoms with Crippen LogP contribution < -0.4 is 10.1 Å². The van der Waals surface area contributed by atoms with Crippen molar-refractivity contribution in [2.75, 3.05) is 6.61 Å². The van der Waals surface area contributed by atoms with Crippen LogP contribution in [0.15, 0.2) is 34.9 Å². The van der Waals surface area contributed by atoms with Gasteiger partial charge >= 0.3 is 0 Å². The summed E-state index contributed by atoms with van der Waals surface area (Å²) in [5, 5.41) is 6.53. The van der Waals surface area contributed by atoms with Crippen LogP contribution in [0.5, 0.6) is 5.75 Å². The van der Waals surface area contributed by atoms with Gasteiger partial charge in [0.15, 0.2) is 5.82 Å². The lowest BCUT2D eigenvalue weighted by Crippen LogP contribution is -2.23.